The minimum Gasteiger partial charge on any atom is -0.402 e. The second kappa shape index (κ2) is 9.13. The number of hydrogen-bond acceptors (Lipinski definition) is 8. The van der Waals surface area contributed by atoms with Crippen molar-refractivity contribution in [3.8, 4) is 11.6 Å². The highest BCUT2D eigenvalue weighted by Crippen LogP contribution is 2.34. The summed E-state index contributed by atoms with van der Waals surface area (Å²) in [5.74, 6) is -0.600. The van der Waals surface area contributed by atoms with E-state index >= 15 is 0 Å². The van der Waals surface area contributed by atoms with Crippen LogP contribution in [0.15, 0.2) is 76.3 Å². The van der Waals surface area contributed by atoms with Crippen LogP contribution in [-0.2, 0) is 11.0 Å². The van der Waals surface area contributed by atoms with Gasteiger partial charge in [0, 0.05) is 24.4 Å². The van der Waals surface area contributed by atoms with Gasteiger partial charge in [-0.3, -0.25) is 4.79 Å². The molecule has 4 aromatic rings. The fourth-order valence-electron chi connectivity index (χ4n) is 3.66. The summed E-state index contributed by atoms with van der Waals surface area (Å²) in [4.78, 5) is 21.4. The Morgan fingerprint density at radius 3 is 2.53 bits per heavy atom. The molecule has 1 amide bonds. The maximum absolute atomic E-state index is 13.0. The molecule has 2 aromatic carbocycles. The van der Waals surface area contributed by atoms with Gasteiger partial charge in [0.15, 0.2) is 5.69 Å². The summed E-state index contributed by atoms with van der Waals surface area (Å²) in [6.07, 6.45) is -5.01. The van der Waals surface area contributed by atoms with E-state index in [-0.39, 0.29) is 23.3 Å². The van der Waals surface area contributed by atoms with Crippen LogP contribution in [0.3, 0.4) is 0 Å². The van der Waals surface area contributed by atoms with E-state index in [4.69, 9.17) is 4.42 Å². The molecule has 0 saturated heterocycles. The SMILES string of the molecule is CNc1cc(C(F)(F)F)cnc1-c1nnc(N[C@H]2N=C(c3ccccc3)c3ccccc3NC2=O)o1. The lowest BCUT2D eigenvalue weighted by Crippen LogP contribution is -2.32. The van der Waals surface area contributed by atoms with E-state index in [1.165, 1.54) is 7.05 Å². The molecule has 0 bridgehead atoms. The highest BCUT2D eigenvalue weighted by atomic mass is 19.4. The number of hydrogen-bond donors (Lipinski definition) is 3. The van der Waals surface area contributed by atoms with Crippen LogP contribution in [0.5, 0.6) is 0 Å². The number of halogens is 3. The number of anilines is 3. The highest BCUT2D eigenvalue weighted by Gasteiger charge is 2.32. The summed E-state index contributed by atoms with van der Waals surface area (Å²) in [6.45, 7) is 0. The Hall–Kier alpha value is -4.74. The zero-order chi connectivity index (χ0) is 25.3. The van der Waals surface area contributed by atoms with E-state index in [9.17, 15) is 18.0 Å². The van der Waals surface area contributed by atoms with E-state index in [1.54, 1.807) is 12.1 Å². The predicted molar refractivity (Wildman–Crippen MR) is 127 cm³/mol. The lowest BCUT2D eigenvalue weighted by atomic mass is 10.0. The van der Waals surface area contributed by atoms with Gasteiger partial charge in [-0.25, -0.2) is 9.98 Å². The van der Waals surface area contributed by atoms with Crippen molar-refractivity contribution < 1.29 is 22.4 Å². The summed E-state index contributed by atoms with van der Waals surface area (Å²) in [6, 6.07) is 17.4. The molecule has 2 aromatic heterocycles. The summed E-state index contributed by atoms with van der Waals surface area (Å²) in [5, 5.41) is 16.0. The quantitative estimate of drug-likeness (QED) is 0.377. The maximum Gasteiger partial charge on any atom is 0.417 e. The Morgan fingerprint density at radius 2 is 1.78 bits per heavy atom. The van der Waals surface area contributed by atoms with Crippen molar-refractivity contribution in [2.75, 3.05) is 23.0 Å². The molecule has 9 nitrogen and oxygen atoms in total. The molecule has 1 atom stereocenters. The topological polar surface area (TPSA) is 117 Å². The van der Waals surface area contributed by atoms with Crippen molar-refractivity contribution in [1.82, 2.24) is 15.2 Å². The van der Waals surface area contributed by atoms with Gasteiger partial charge in [0.1, 0.15) is 0 Å². The van der Waals surface area contributed by atoms with Crippen molar-refractivity contribution in [2.45, 2.75) is 12.3 Å². The molecule has 1 aliphatic heterocycles. The minimum absolute atomic E-state index is 0.0252. The van der Waals surface area contributed by atoms with Gasteiger partial charge >= 0.3 is 12.2 Å². The first kappa shape index (κ1) is 23.0. The largest absolute Gasteiger partial charge is 0.417 e. The molecule has 182 valence electrons. The van der Waals surface area contributed by atoms with Gasteiger partial charge in [-0.05, 0) is 12.1 Å². The van der Waals surface area contributed by atoms with Gasteiger partial charge in [0.2, 0.25) is 6.17 Å². The molecule has 1 aliphatic rings. The van der Waals surface area contributed by atoms with Crippen molar-refractivity contribution in [1.29, 1.82) is 0 Å². The fraction of sp³-hybridized carbons (Fsp3) is 0.125. The Morgan fingerprint density at radius 1 is 1.03 bits per heavy atom. The molecule has 5 rings (SSSR count). The van der Waals surface area contributed by atoms with Crippen LogP contribution in [-0.4, -0.2) is 40.0 Å². The van der Waals surface area contributed by atoms with E-state index in [0.29, 0.717) is 17.6 Å². The van der Waals surface area contributed by atoms with E-state index in [1.807, 2.05) is 42.5 Å². The smallest absolute Gasteiger partial charge is 0.402 e. The number of nitrogens with one attached hydrogen (secondary N) is 3. The molecule has 0 radical (unpaired) electrons. The normalized spacial score (nSPS) is 15.4. The van der Waals surface area contributed by atoms with Crippen LogP contribution >= 0.6 is 0 Å². The van der Waals surface area contributed by atoms with Gasteiger partial charge in [-0.1, -0.05) is 53.6 Å². The van der Waals surface area contributed by atoms with E-state index in [2.05, 4.69) is 36.1 Å². The minimum atomic E-state index is -4.56. The highest BCUT2D eigenvalue weighted by molar-refractivity contribution is 6.19. The number of alkyl halides is 3. The number of nitrogens with zero attached hydrogens (tertiary/aromatic N) is 4. The zero-order valence-corrected chi connectivity index (χ0v) is 18.7. The number of aliphatic imine (C=N–C) groups is 1. The van der Waals surface area contributed by atoms with Crippen LogP contribution in [0.1, 0.15) is 16.7 Å². The second-order valence-corrected chi connectivity index (χ2v) is 7.71. The van der Waals surface area contributed by atoms with Crippen molar-refractivity contribution in [3.05, 3.63) is 83.6 Å². The van der Waals surface area contributed by atoms with Gasteiger partial charge in [-0.15, -0.1) is 5.10 Å². The third-order valence-electron chi connectivity index (χ3n) is 5.37. The summed E-state index contributed by atoms with van der Waals surface area (Å²) >= 11 is 0. The first-order valence-corrected chi connectivity index (χ1v) is 10.7. The number of benzodiazepines with no additional fused rings is 1. The molecule has 0 aliphatic carbocycles. The monoisotopic (exact) mass is 493 g/mol. The molecular weight excluding hydrogens is 475 g/mol. The third-order valence-corrected chi connectivity index (χ3v) is 5.37. The summed E-state index contributed by atoms with van der Waals surface area (Å²) in [7, 11) is 1.45. The van der Waals surface area contributed by atoms with E-state index < -0.39 is 23.8 Å². The number of pyridine rings is 1. The third kappa shape index (κ3) is 4.48. The molecule has 0 unspecified atom stereocenters. The summed E-state index contributed by atoms with van der Waals surface area (Å²) in [5.41, 5.74) is 1.85. The van der Waals surface area contributed by atoms with Gasteiger partial charge < -0.3 is 20.4 Å². The van der Waals surface area contributed by atoms with Crippen molar-refractivity contribution >= 4 is 29.0 Å². The number of rotatable bonds is 5. The number of carbonyl (C=O) groups is 1. The predicted octanol–water partition coefficient (Wildman–Crippen LogP) is 4.42. The number of fused-ring (bicyclic) bond motifs is 1. The number of amides is 1. The van der Waals surface area contributed by atoms with Gasteiger partial charge in [0.05, 0.1) is 22.6 Å². The number of aromatic nitrogens is 3. The number of carbonyl (C=O) groups excluding carboxylic acids is 1. The van der Waals surface area contributed by atoms with Crippen LogP contribution in [0.4, 0.5) is 30.6 Å². The van der Waals surface area contributed by atoms with Gasteiger partial charge in [0.25, 0.3) is 11.8 Å². The lowest BCUT2D eigenvalue weighted by Gasteiger charge is -2.11. The number of para-hydroxylation sites is 1. The molecule has 3 heterocycles. The molecule has 12 heteroatoms. The average Bonchev–Trinajstić information content (AvgIpc) is 3.29. The Bertz CT molecular complexity index is 1450. The van der Waals surface area contributed by atoms with Crippen LogP contribution in [0.25, 0.3) is 11.6 Å². The second-order valence-electron chi connectivity index (χ2n) is 7.71. The van der Waals surface area contributed by atoms with Crippen LogP contribution in [0.2, 0.25) is 0 Å². The molecular formula is C24H18F3N7O2. The molecule has 0 spiro atoms. The zero-order valence-electron chi connectivity index (χ0n) is 18.7. The Balaban J connectivity index is 1.47. The van der Waals surface area contributed by atoms with Crippen LogP contribution < -0.4 is 16.0 Å². The molecule has 3 N–H and O–H groups in total. The van der Waals surface area contributed by atoms with Gasteiger partial charge in [-0.2, -0.15) is 13.2 Å². The maximum atomic E-state index is 13.0. The first-order chi connectivity index (χ1) is 17.3. The van der Waals surface area contributed by atoms with Crippen molar-refractivity contribution in [3.63, 3.8) is 0 Å². The Labute approximate surface area is 202 Å². The summed E-state index contributed by atoms with van der Waals surface area (Å²) < 4.78 is 44.7. The number of benzene rings is 2. The molecule has 36 heavy (non-hydrogen) atoms. The fourth-order valence-corrected chi connectivity index (χ4v) is 3.66. The van der Waals surface area contributed by atoms with Crippen molar-refractivity contribution in [2.24, 2.45) is 4.99 Å². The standard InChI is InChI=1S/C24H18F3N7O2/c1-28-17-11-14(24(25,26)27)12-29-19(17)22-33-34-23(36-22)32-20-21(35)30-16-10-6-5-9-15(16)18(31-20)13-7-3-2-4-8-13/h2-12,20,28H,1H3,(H,30,35)(H,32,34)/t20-/m1/s1. The molecule has 0 saturated carbocycles. The average molecular weight is 493 g/mol. The van der Waals surface area contributed by atoms with E-state index in [0.717, 1.165) is 17.2 Å². The molecule has 0 fully saturated rings. The first-order valence-electron chi connectivity index (χ1n) is 10.7. The Kier molecular flexibility index (Phi) is 5.84. The van der Waals surface area contributed by atoms with Crippen LogP contribution in [0, 0.1) is 0 Å². The lowest BCUT2D eigenvalue weighted by molar-refractivity contribution is -0.137.